The number of alkyl halides is 3. The largest absolute Gasteiger partial charge is 0.451 e. The van der Waals surface area contributed by atoms with Crippen molar-refractivity contribution in [2.45, 2.75) is 44.3 Å². The lowest BCUT2D eigenvalue weighted by Crippen LogP contribution is -2.31. The number of carbonyl (C=O) groups excluding carboxylic acids is 1. The number of aromatic nitrogens is 3. The van der Waals surface area contributed by atoms with Crippen LogP contribution in [0.5, 0.6) is 0 Å². The lowest BCUT2D eigenvalue weighted by molar-refractivity contribution is -0.144. The Balaban J connectivity index is 0.000000336. The van der Waals surface area contributed by atoms with E-state index < -0.39 is 35.5 Å². The summed E-state index contributed by atoms with van der Waals surface area (Å²) in [7, 11) is 0. The summed E-state index contributed by atoms with van der Waals surface area (Å²) in [4.78, 5) is 16.1. The zero-order valence-electron chi connectivity index (χ0n) is 22.2. The number of nitrogens with zero attached hydrogens (tertiary/aromatic N) is 2. The van der Waals surface area contributed by atoms with E-state index in [2.05, 4.69) is 40.4 Å². The number of benzene rings is 3. The number of ketones is 1. The number of aromatic amines is 1. The van der Waals surface area contributed by atoms with E-state index in [0.717, 1.165) is 36.4 Å². The molecule has 0 spiro atoms. The van der Waals surface area contributed by atoms with E-state index in [4.69, 9.17) is 5.73 Å². The molecule has 3 aromatic carbocycles. The minimum absolute atomic E-state index is 0.00609. The third-order valence-electron chi connectivity index (χ3n) is 7.50. The molecule has 4 aromatic rings. The molecule has 11 heteroatoms. The van der Waals surface area contributed by atoms with E-state index in [1.54, 1.807) is 5.10 Å². The predicted octanol–water partition coefficient (Wildman–Crippen LogP) is 6.89. The summed E-state index contributed by atoms with van der Waals surface area (Å²) in [6.45, 7) is 0. The highest BCUT2D eigenvalue weighted by molar-refractivity contribution is 5.96. The van der Waals surface area contributed by atoms with Gasteiger partial charge in [-0.15, -0.1) is 0 Å². The molecule has 0 bridgehead atoms. The molecule has 0 saturated carbocycles. The average molecular weight is 585 g/mol. The number of allylic oxidation sites excluding steroid dienone is 4. The summed E-state index contributed by atoms with van der Waals surface area (Å²) in [6, 6.07) is 13.3. The van der Waals surface area contributed by atoms with Crippen molar-refractivity contribution in [1.29, 1.82) is 0 Å². The van der Waals surface area contributed by atoms with E-state index in [1.165, 1.54) is 21.9 Å². The highest BCUT2D eigenvalue weighted by Crippen LogP contribution is 2.42. The number of halogens is 6. The third kappa shape index (κ3) is 6.15. The van der Waals surface area contributed by atoms with E-state index >= 15 is 0 Å². The molecule has 0 radical (unpaired) electrons. The minimum Gasteiger partial charge on any atom is -0.327 e. The van der Waals surface area contributed by atoms with Crippen molar-refractivity contribution in [2.24, 2.45) is 11.7 Å². The number of hydrogen-bond donors (Lipinski definition) is 2. The Labute approximate surface area is 237 Å². The molecule has 2 aliphatic rings. The lowest BCUT2D eigenvalue weighted by Gasteiger charge is -2.31. The number of Topliss-reactive ketones (excluding diaryl/α,β-unsaturated/α-hetero) is 1. The number of H-pyrrole nitrogens is 1. The first kappa shape index (κ1) is 29.2. The van der Waals surface area contributed by atoms with Crippen molar-refractivity contribution < 1.29 is 31.1 Å². The molecule has 2 unspecified atom stereocenters. The number of fused-ring (bicyclic) bond motifs is 4. The smallest absolute Gasteiger partial charge is 0.327 e. The van der Waals surface area contributed by atoms with Crippen LogP contribution >= 0.6 is 0 Å². The molecule has 5 nitrogen and oxygen atoms in total. The number of hydrogen-bond acceptors (Lipinski definition) is 4. The first-order chi connectivity index (χ1) is 20.0. The number of nitrogens with two attached hydrogens (primary N) is 1. The highest BCUT2D eigenvalue weighted by atomic mass is 19.4. The molecule has 1 heterocycles. The zero-order chi connectivity index (χ0) is 30.0. The van der Waals surface area contributed by atoms with Crippen molar-refractivity contribution in [3.8, 4) is 0 Å². The third-order valence-corrected chi connectivity index (χ3v) is 7.50. The summed E-state index contributed by atoms with van der Waals surface area (Å²) < 4.78 is 75.1. The van der Waals surface area contributed by atoms with Gasteiger partial charge in [0.25, 0.3) is 0 Å². The summed E-state index contributed by atoms with van der Waals surface area (Å²) in [5, 5.41) is 7.18. The van der Waals surface area contributed by atoms with Gasteiger partial charge in [0.2, 0.25) is 5.82 Å². The van der Waals surface area contributed by atoms with Crippen molar-refractivity contribution in [3.05, 3.63) is 113 Å². The molecule has 0 amide bonds. The maximum Gasteiger partial charge on any atom is 0.451 e. The molecule has 3 N–H and O–H groups in total. The average Bonchev–Trinajstić information content (AvgIpc) is 3.52. The number of rotatable bonds is 5. The second-order valence-corrected chi connectivity index (χ2v) is 10.3. The van der Waals surface area contributed by atoms with E-state index in [9.17, 15) is 31.1 Å². The fourth-order valence-electron chi connectivity index (χ4n) is 5.59. The molecule has 6 rings (SSSR count). The summed E-state index contributed by atoms with van der Waals surface area (Å²) in [6.07, 6.45) is 2.88. The van der Waals surface area contributed by atoms with Crippen LogP contribution in [0.4, 0.5) is 26.3 Å². The Kier molecular flexibility index (Phi) is 8.31. The normalized spacial score (nSPS) is 16.9. The Morgan fingerprint density at radius 2 is 1.79 bits per heavy atom. The van der Waals surface area contributed by atoms with Gasteiger partial charge >= 0.3 is 6.18 Å². The van der Waals surface area contributed by atoms with Gasteiger partial charge in [0.1, 0.15) is 17.9 Å². The minimum atomic E-state index is -4.41. The molecule has 2 aliphatic carbocycles. The maximum absolute atomic E-state index is 14.0. The van der Waals surface area contributed by atoms with Crippen molar-refractivity contribution >= 4 is 22.1 Å². The van der Waals surface area contributed by atoms with E-state index in [0.29, 0.717) is 12.5 Å². The van der Waals surface area contributed by atoms with E-state index in [-0.39, 0.29) is 30.1 Å². The first-order valence-corrected chi connectivity index (χ1v) is 13.3. The standard InChI is InChI=1S/C28H24F3NO.C3H2F3N3/c29-25-15-27(31)26(30)13-17(25)12-18(32)14-28(33)24-7-3-6-20-22-9-8-16-4-1-2-5-19(16)21(22)10-11-23(20)24;4-3(5,6)2-7-1-8-9-2/h1-6,8-9,13,15,18,24H,7,10-12,14,32H2;1H,(H,7,8,9). The highest BCUT2D eigenvalue weighted by Gasteiger charge is 2.34. The van der Waals surface area contributed by atoms with E-state index in [1.807, 2.05) is 18.2 Å². The molecular weight excluding hydrogens is 558 g/mol. The van der Waals surface area contributed by atoms with Gasteiger partial charge in [-0.1, -0.05) is 54.1 Å². The number of carbonyl (C=O) groups is 1. The molecule has 0 saturated heterocycles. The molecule has 2 atom stereocenters. The lowest BCUT2D eigenvalue weighted by atomic mass is 9.73. The SMILES string of the molecule is FC(F)(F)c1ncn[nH]1.NC(CC(=O)C1CC=CC2=C1CCc1c2ccc2ccccc12)Cc1cc(F)c(F)cc1F. The molecule has 0 aliphatic heterocycles. The Morgan fingerprint density at radius 3 is 2.50 bits per heavy atom. The molecule has 218 valence electrons. The fraction of sp³-hybridized carbons (Fsp3) is 0.258. The van der Waals surface area contributed by atoms with Crippen molar-refractivity contribution in [3.63, 3.8) is 0 Å². The summed E-state index contributed by atoms with van der Waals surface area (Å²) in [5.74, 6) is -4.52. The Bertz CT molecular complexity index is 1680. The summed E-state index contributed by atoms with van der Waals surface area (Å²) >= 11 is 0. The molecule has 42 heavy (non-hydrogen) atoms. The topological polar surface area (TPSA) is 84.7 Å². The monoisotopic (exact) mass is 584 g/mol. The van der Waals surface area contributed by atoms with Crippen LogP contribution in [0.1, 0.15) is 41.8 Å². The van der Waals surface area contributed by atoms with Gasteiger partial charge in [-0.2, -0.15) is 18.3 Å². The van der Waals surface area contributed by atoms with Gasteiger partial charge in [0, 0.05) is 24.4 Å². The second-order valence-electron chi connectivity index (χ2n) is 10.3. The van der Waals surface area contributed by atoms with Gasteiger partial charge in [-0.05, 0) is 64.8 Å². The summed E-state index contributed by atoms with van der Waals surface area (Å²) in [5.41, 5.74) is 10.9. The van der Waals surface area contributed by atoms with Crippen LogP contribution in [0, 0.1) is 23.4 Å². The Hall–Kier alpha value is -4.25. The molecular formula is C31H26F6N4O. The van der Waals surface area contributed by atoms with Crippen molar-refractivity contribution in [2.75, 3.05) is 0 Å². The zero-order valence-corrected chi connectivity index (χ0v) is 22.2. The van der Waals surface area contributed by atoms with Crippen LogP contribution in [0.3, 0.4) is 0 Å². The number of nitrogens with one attached hydrogen (secondary N) is 1. The Morgan fingerprint density at radius 1 is 1.02 bits per heavy atom. The van der Waals surface area contributed by atoms with Crippen LogP contribution in [0.15, 0.2) is 72.6 Å². The molecule has 0 fully saturated rings. The first-order valence-electron chi connectivity index (χ1n) is 13.3. The van der Waals surface area contributed by atoms with Gasteiger partial charge in [0.05, 0.1) is 0 Å². The quantitative estimate of drug-likeness (QED) is 0.198. The van der Waals surface area contributed by atoms with Gasteiger partial charge < -0.3 is 5.73 Å². The van der Waals surface area contributed by atoms with Crippen LogP contribution in [-0.2, 0) is 23.8 Å². The van der Waals surface area contributed by atoms with Crippen LogP contribution in [0.25, 0.3) is 16.3 Å². The maximum atomic E-state index is 14.0. The predicted molar refractivity (Wildman–Crippen MR) is 145 cm³/mol. The fourth-order valence-corrected chi connectivity index (χ4v) is 5.59. The van der Waals surface area contributed by atoms with Gasteiger partial charge in [-0.25, -0.2) is 18.2 Å². The second kappa shape index (κ2) is 11.9. The van der Waals surface area contributed by atoms with Crippen LogP contribution in [0.2, 0.25) is 0 Å². The number of aryl methyl sites for hydroxylation is 1. The van der Waals surface area contributed by atoms with Gasteiger partial charge in [-0.3, -0.25) is 9.89 Å². The van der Waals surface area contributed by atoms with Crippen LogP contribution < -0.4 is 5.73 Å². The van der Waals surface area contributed by atoms with Gasteiger partial charge in [0.15, 0.2) is 11.6 Å². The van der Waals surface area contributed by atoms with Crippen LogP contribution in [-0.4, -0.2) is 27.0 Å². The molecule has 1 aromatic heterocycles. The van der Waals surface area contributed by atoms with Crippen molar-refractivity contribution in [1.82, 2.24) is 15.2 Å².